The maximum absolute atomic E-state index is 13.1. The number of nitrogens with zero attached hydrogens (tertiary/aromatic N) is 3. The van der Waals surface area contributed by atoms with E-state index < -0.39 is 0 Å². The first kappa shape index (κ1) is 13.6. The number of aromatic amines is 1. The van der Waals surface area contributed by atoms with Crippen molar-refractivity contribution < 1.29 is 9.18 Å². The topological polar surface area (TPSA) is 61.9 Å². The van der Waals surface area contributed by atoms with Gasteiger partial charge in [0.1, 0.15) is 5.82 Å². The summed E-state index contributed by atoms with van der Waals surface area (Å²) in [5.41, 5.74) is 4.53. The predicted molar refractivity (Wildman–Crippen MR) is 83.0 cm³/mol. The zero-order chi connectivity index (χ0) is 16.0. The number of hydrogen-bond acceptors (Lipinski definition) is 3. The Morgan fingerprint density at radius 2 is 1.96 bits per heavy atom. The van der Waals surface area contributed by atoms with Gasteiger partial charge in [0.2, 0.25) is 0 Å². The molecule has 0 saturated carbocycles. The molecule has 23 heavy (non-hydrogen) atoms. The van der Waals surface area contributed by atoms with Gasteiger partial charge in [-0.3, -0.25) is 14.9 Å². The lowest BCUT2D eigenvalue weighted by atomic mass is 9.97. The molecule has 1 N–H and O–H groups in total. The van der Waals surface area contributed by atoms with Gasteiger partial charge in [-0.25, -0.2) is 4.39 Å². The fourth-order valence-electron chi connectivity index (χ4n) is 2.90. The molecule has 0 fully saturated rings. The third kappa shape index (κ3) is 2.11. The number of rotatable bonds is 2. The van der Waals surface area contributed by atoms with Crippen LogP contribution < -0.4 is 0 Å². The Balaban J connectivity index is 1.89. The molecular weight excluding hydrogens is 295 g/mol. The van der Waals surface area contributed by atoms with Crippen LogP contribution in [-0.2, 0) is 6.54 Å². The van der Waals surface area contributed by atoms with Crippen LogP contribution in [0.3, 0.4) is 0 Å². The first-order chi connectivity index (χ1) is 11.1. The molecule has 5 nitrogen and oxygen atoms in total. The fourth-order valence-corrected chi connectivity index (χ4v) is 2.90. The van der Waals surface area contributed by atoms with Gasteiger partial charge in [0, 0.05) is 29.9 Å². The van der Waals surface area contributed by atoms with E-state index in [0.717, 1.165) is 28.1 Å². The molecule has 0 bridgehead atoms. The molecule has 0 unspecified atom stereocenters. The second kappa shape index (κ2) is 5.01. The summed E-state index contributed by atoms with van der Waals surface area (Å²) in [7, 11) is 1.75. The first-order valence-corrected chi connectivity index (χ1v) is 7.18. The SMILES string of the molecule is CN1Cc2nccc(-c3cn[nH]c3-c3ccc(F)cc3)c2C1=O. The van der Waals surface area contributed by atoms with Crippen LogP contribution in [0.1, 0.15) is 16.1 Å². The maximum Gasteiger partial charge on any atom is 0.256 e. The number of nitrogens with one attached hydrogen (secondary N) is 1. The van der Waals surface area contributed by atoms with E-state index in [-0.39, 0.29) is 11.7 Å². The van der Waals surface area contributed by atoms with Gasteiger partial charge in [0.05, 0.1) is 29.7 Å². The van der Waals surface area contributed by atoms with Crippen molar-refractivity contribution in [2.24, 2.45) is 0 Å². The normalized spacial score (nSPS) is 13.5. The average molecular weight is 308 g/mol. The number of hydrogen-bond donors (Lipinski definition) is 1. The van der Waals surface area contributed by atoms with Crippen LogP contribution in [0.2, 0.25) is 0 Å². The zero-order valence-electron chi connectivity index (χ0n) is 12.4. The monoisotopic (exact) mass is 308 g/mol. The molecule has 1 amide bonds. The van der Waals surface area contributed by atoms with Crippen molar-refractivity contribution in [1.82, 2.24) is 20.1 Å². The lowest BCUT2D eigenvalue weighted by Crippen LogP contribution is -2.17. The minimum atomic E-state index is -0.295. The van der Waals surface area contributed by atoms with Gasteiger partial charge in [-0.1, -0.05) is 0 Å². The van der Waals surface area contributed by atoms with Gasteiger partial charge in [0.15, 0.2) is 0 Å². The van der Waals surface area contributed by atoms with Crippen LogP contribution in [0.15, 0.2) is 42.7 Å². The van der Waals surface area contributed by atoms with Gasteiger partial charge < -0.3 is 4.90 Å². The summed E-state index contributed by atoms with van der Waals surface area (Å²) in [6.07, 6.45) is 3.38. The highest BCUT2D eigenvalue weighted by molar-refractivity contribution is 6.05. The Morgan fingerprint density at radius 3 is 2.74 bits per heavy atom. The van der Waals surface area contributed by atoms with E-state index in [1.54, 1.807) is 36.5 Å². The molecule has 4 rings (SSSR count). The molecule has 3 aromatic rings. The van der Waals surface area contributed by atoms with E-state index in [9.17, 15) is 9.18 Å². The second-order valence-corrected chi connectivity index (χ2v) is 5.51. The summed E-state index contributed by atoms with van der Waals surface area (Å²) in [4.78, 5) is 18.4. The fraction of sp³-hybridized carbons (Fsp3) is 0.118. The number of benzene rings is 1. The van der Waals surface area contributed by atoms with Gasteiger partial charge >= 0.3 is 0 Å². The van der Waals surface area contributed by atoms with E-state index in [4.69, 9.17) is 0 Å². The van der Waals surface area contributed by atoms with E-state index in [1.807, 2.05) is 6.07 Å². The van der Waals surface area contributed by atoms with Crippen LogP contribution in [0.4, 0.5) is 4.39 Å². The molecule has 0 atom stereocenters. The minimum absolute atomic E-state index is 0.0469. The van der Waals surface area contributed by atoms with Gasteiger partial charge in [-0.15, -0.1) is 0 Å². The Hall–Kier alpha value is -3.02. The third-order valence-electron chi connectivity index (χ3n) is 4.04. The summed E-state index contributed by atoms with van der Waals surface area (Å²) in [5.74, 6) is -0.342. The molecule has 0 aliphatic carbocycles. The summed E-state index contributed by atoms with van der Waals surface area (Å²) < 4.78 is 13.1. The van der Waals surface area contributed by atoms with Crippen molar-refractivity contribution in [1.29, 1.82) is 0 Å². The molecule has 0 spiro atoms. The molecule has 1 aliphatic heterocycles. The Morgan fingerprint density at radius 1 is 1.17 bits per heavy atom. The smallest absolute Gasteiger partial charge is 0.256 e. The zero-order valence-corrected chi connectivity index (χ0v) is 12.4. The molecule has 114 valence electrons. The second-order valence-electron chi connectivity index (χ2n) is 5.51. The molecule has 2 aromatic heterocycles. The number of halogens is 1. The van der Waals surface area contributed by atoms with E-state index in [1.165, 1.54) is 12.1 Å². The van der Waals surface area contributed by atoms with Crippen LogP contribution >= 0.6 is 0 Å². The number of fused-ring (bicyclic) bond motifs is 1. The molecule has 3 heterocycles. The number of carbonyl (C=O) groups is 1. The van der Waals surface area contributed by atoms with Crippen molar-refractivity contribution in [3.63, 3.8) is 0 Å². The lowest BCUT2D eigenvalue weighted by molar-refractivity contribution is 0.0817. The van der Waals surface area contributed by atoms with Gasteiger partial charge in [-0.05, 0) is 30.3 Å². The van der Waals surface area contributed by atoms with Crippen molar-refractivity contribution in [2.45, 2.75) is 6.54 Å². The third-order valence-corrected chi connectivity index (χ3v) is 4.04. The highest BCUT2D eigenvalue weighted by Gasteiger charge is 2.30. The van der Waals surface area contributed by atoms with E-state index >= 15 is 0 Å². The van der Waals surface area contributed by atoms with E-state index in [2.05, 4.69) is 15.2 Å². The minimum Gasteiger partial charge on any atom is -0.336 e. The molecule has 1 aliphatic rings. The van der Waals surface area contributed by atoms with Gasteiger partial charge in [0.25, 0.3) is 5.91 Å². The maximum atomic E-state index is 13.1. The largest absolute Gasteiger partial charge is 0.336 e. The number of pyridine rings is 1. The van der Waals surface area contributed by atoms with Crippen molar-refractivity contribution in [3.05, 3.63) is 59.8 Å². The first-order valence-electron chi connectivity index (χ1n) is 7.18. The van der Waals surface area contributed by atoms with Crippen molar-refractivity contribution >= 4 is 5.91 Å². The van der Waals surface area contributed by atoms with Crippen molar-refractivity contribution in [2.75, 3.05) is 7.05 Å². The number of aromatic nitrogens is 3. The Kier molecular flexibility index (Phi) is 2.97. The molecule has 6 heteroatoms. The number of H-pyrrole nitrogens is 1. The van der Waals surface area contributed by atoms with Crippen LogP contribution in [0, 0.1) is 5.82 Å². The molecule has 0 saturated heterocycles. The quantitative estimate of drug-likeness (QED) is 0.792. The van der Waals surface area contributed by atoms with Crippen LogP contribution in [0.5, 0.6) is 0 Å². The van der Waals surface area contributed by atoms with Crippen LogP contribution in [-0.4, -0.2) is 33.0 Å². The summed E-state index contributed by atoms with van der Waals surface area (Å²) in [5, 5.41) is 7.04. The Labute approximate surface area is 131 Å². The molecular formula is C17H13FN4O. The van der Waals surface area contributed by atoms with E-state index in [0.29, 0.717) is 12.1 Å². The summed E-state index contributed by atoms with van der Waals surface area (Å²) >= 11 is 0. The highest BCUT2D eigenvalue weighted by atomic mass is 19.1. The lowest BCUT2D eigenvalue weighted by Gasteiger charge is -2.08. The number of amides is 1. The van der Waals surface area contributed by atoms with Crippen molar-refractivity contribution in [3.8, 4) is 22.4 Å². The molecule has 1 aromatic carbocycles. The number of carbonyl (C=O) groups excluding carboxylic acids is 1. The summed E-state index contributed by atoms with van der Waals surface area (Å²) in [6, 6.07) is 7.98. The molecule has 0 radical (unpaired) electrons. The van der Waals surface area contributed by atoms with Gasteiger partial charge in [-0.2, -0.15) is 5.10 Å². The average Bonchev–Trinajstić information content (AvgIpc) is 3.14. The standard InChI is InChI=1S/C17H13FN4O/c1-22-9-14-15(17(22)23)12(6-7-19-14)13-8-20-21-16(13)10-2-4-11(18)5-3-10/h2-8H,9H2,1H3,(H,20,21). The Bertz CT molecular complexity index is 901. The summed E-state index contributed by atoms with van der Waals surface area (Å²) in [6.45, 7) is 0.506. The predicted octanol–water partition coefficient (Wildman–Crippen LogP) is 2.86. The van der Waals surface area contributed by atoms with Crippen LogP contribution in [0.25, 0.3) is 22.4 Å². The highest BCUT2D eigenvalue weighted by Crippen LogP contribution is 2.35.